The van der Waals surface area contributed by atoms with Gasteiger partial charge in [-0.15, -0.1) is 0 Å². The lowest BCUT2D eigenvalue weighted by atomic mass is 9.44. The maximum atomic E-state index is 14.4. The van der Waals surface area contributed by atoms with Crippen molar-refractivity contribution in [2.45, 2.75) is 84.3 Å². The van der Waals surface area contributed by atoms with Crippen molar-refractivity contribution >= 4 is 5.97 Å². The predicted octanol–water partition coefficient (Wildman–Crippen LogP) is 4.55. The van der Waals surface area contributed by atoms with Crippen LogP contribution in [0.4, 0.5) is 4.39 Å². The topological polar surface area (TPSA) is 77.8 Å². The van der Waals surface area contributed by atoms with Crippen molar-refractivity contribution in [3.8, 4) is 0 Å². The zero-order valence-corrected chi connectivity index (χ0v) is 18.0. The summed E-state index contributed by atoms with van der Waals surface area (Å²) in [6, 6.07) is 0. The second kappa shape index (κ2) is 7.33. The third-order valence-corrected chi connectivity index (χ3v) is 9.83. The normalized spacial score (nSPS) is 50.1. The Morgan fingerprint density at radius 1 is 1.21 bits per heavy atom. The molecule has 3 saturated carbocycles. The molecular formula is C24H37FO4. The Morgan fingerprint density at radius 3 is 2.62 bits per heavy atom. The number of hydrogen-bond acceptors (Lipinski definition) is 3. The van der Waals surface area contributed by atoms with Crippen LogP contribution in [-0.4, -0.2) is 33.5 Å². The summed E-state index contributed by atoms with van der Waals surface area (Å²) < 4.78 is 14.4. The Bertz CT molecular complexity index is 692. The van der Waals surface area contributed by atoms with Gasteiger partial charge in [-0.1, -0.05) is 20.8 Å². The van der Waals surface area contributed by atoms with Crippen LogP contribution in [0.1, 0.15) is 72.1 Å². The Balaban J connectivity index is 1.60. The molecule has 4 nitrogen and oxygen atoms in total. The van der Waals surface area contributed by atoms with Crippen LogP contribution in [0.2, 0.25) is 0 Å². The first kappa shape index (κ1) is 21.3. The third kappa shape index (κ3) is 3.27. The van der Waals surface area contributed by atoms with E-state index in [1.165, 1.54) is 0 Å². The summed E-state index contributed by atoms with van der Waals surface area (Å²) in [5, 5.41) is 30.3. The Labute approximate surface area is 173 Å². The Hall–Kier alpha value is -0.940. The summed E-state index contributed by atoms with van der Waals surface area (Å²) in [5.41, 5.74) is -0.165. The number of fused-ring (bicyclic) bond motifs is 5. The maximum absolute atomic E-state index is 14.4. The van der Waals surface area contributed by atoms with Crippen LogP contribution < -0.4 is 0 Å². The van der Waals surface area contributed by atoms with E-state index in [0.29, 0.717) is 37.0 Å². The molecule has 0 unspecified atom stereocenters. The van der Waals surface area contributed by atoms with E-state index in [4.69, 9.17) is 5.11 Å². The highest BCUT2D eigenvalue weighted by Gasteiger charge is 2.62. The van der Waals surface area contributed by atoms with Crippen LogP contribution in [0.5, 0.6) is 0 Å². The lowest BCUT2D eigenvalue weighted by Gasteiger charge is -2.61. The minimum atomic E-state index is -1.02. The fourth-order valence-corrected chi connectivity index (χ4v) is 8.34. The summed E-state index contributed by atoms with van der Waals surface area (Å²) in [4.78, 5) is 11.0. The molecule has 0 spiro atoms. The summed E-state index contributed by atoms with van der Waals surface area (Å²) >= 11 is 0. The zero-order chi connectivity index (χ0) is 21.1. The van der Waals surface area contributed by atoms with Crippen molar-refractivity contribution < 1.29 is 24.5 Å². The third-order valence-electron chi connectivity index (χ3n) is 9.83. The van der Waals surface area contributed by atoms with Crippen molar-refractivity contribution in [1.29, 1.82) is 0 Å². The molecule has 4 rings (SSSR count). The van der Waals surface area contributed by atoms with Crippen molar-refractivity contribution in [2.75, 3.05) is 0 Å². The molecule has 5 heteroatoms. The van der Waals surface area contributed by atoms with Gasteiger partial charge in [0.2, 0.25) is 0 Å². The number of rotatable bonds is 4. The molecule has 0 bridgehead atoms. The van der Waals surface area contributed by atoms with Crippen molar-refractivity contribution in [3.05, 3.63) is 11.9 Å². The molecule has 4 aliphatic rings. The first-order valence-corrected chi connectivity index (χ1v) is 11.5. The smallest absolute Gasteiger partial charge is 0.303 e. The number of aliphatic hydroxyl groups is 2. The number of aliphatic carboxylic acids is 1. The van der Waals surface area contributed by atoms with E-state index in [2.05, 4.69) is 20.8 Å². The van der Waals surface area contributed by atoms with Gasteiger partial charge in [-0.25, -0.2) is 4.39 Å². The zero-order valence-electron chi connectivity index (χ0n) is 18.0. The molecule has 0 aromatic rings. The average molecular weight is 409 g/mol. The lowest BCUT2D eigenvalue weighted by Crippen LogP contribution is -2.58. The number of carboxylic acids is 1. The number of hydrogen-bond donors (Lipinski definition) is 3. The van der Waals surface area contributed by atoms with Gasteiger partial charge in [0.05, 0.1) is 6.10 Å². The van der Waals surface area contributed by atoms with Gasteiger partial charge in [0.15, 0.2) is 0 Å². The molecule has 4 aliphatic carbocycles. The monoisotopic (exact) mass is 408 g/mol. The standard InChI is InChI=1S/C24H37FO4/c1-13(4-7-21(28)29)15-5-6-16-22-17(8-9-23(15,16)2)24(3)12-18(25)19(26)10-14(24)11-20(22)27/h12-17,19-20,22,26-27H,4-11H2,1-3H3,(H,28,29)/t13-,14+,15-,16+,17+,19-,20+,22+,23-,24+/m1/s1. The number of carbonyl (C=O) groups is 1. The highest BCUT2D eigenvalue weighted by molar-refractivity contribution is 5.66. The van der Waals surface area contributed by atoms with Crippen molar-refractivity contribution in [1.82, 2.24) is 0 Å². The SMILES string of the molecule is C[C@H](CCC(=O)O)[C@H]1CC[C@H]2[C@@H]3[C@@H](O)C[C@@H]4C[C@@H](O)C(F)=C[C@]4(C)[C@H]3CC[C@]12C. The van der Waals surface area contributed by atoms with Gasteiger partial charge in [-0.2, -0.15) is 0 Å². The number of allylic oxidation sites excluding steroid dienone is 1. The molecule has 10 atom stereocenters. The van der Waals surface area contributed by atoms with E-state index < -0.39 is 18.2 Å². The maximum Gasteiger partial charge on any atom is 0.303 e. The predicted molar refractivity (Wildman–Crippen MR) is 109 cm³/mol. The van der Waals surface area contributed by atoms with E-state index in [-0.39, 0.29) is 40.8 Å². The van der Waals surface area contributed by atoms with E-state index >= 15 is 0 Å². The van der Waals surface area contributed by atoms with Gasteiger partial charge in [-0.3, -0.25) is 4.79 Å². The van der Waals surface area contributed by atoms with Crippen LogP contribution in [-0.2, 0) is 4.79 Å². The highest BCUT2D eigenvalue weighted by Crippen LogP contribution is 2.68. The molecule has 3 fully saturated rings. The molecule has 0 radical (unpaired) electrons. The molecule has 0 aromatic heterocycles. The van der Waals surface area contributed by atoms with Crippen molar-refractivity contribution in [2.24, 2.45) is 46.3 Å². The van der Waals surface area contributed by atoms with E-state index in [1.807, 2.05) is 0 Å². The van der Waals surface area contributed by atoms with Gasteiger partial charge in [0.1, 0.15) is 11.9 Å². The number of halogens is 1. The van der Waals surface area contributed by atoms with Crippen LogP contribution in [0, 0.1) is 46.3 Å². The summed E-state index contributed by atoms with van der Waals surface area (Å²) in [6.07, 6.45) is 6.49. The molecule has 0 aliphatic heterocycles. The van der Waals surface area contributed by atoms with Gasteiger partial charge in [0.25, 0.3) is 0 Å². The fraction of sp³-hybridized carbons (Fsp3) is 0.875. The molecular weight excluding hydrogens is 371 g/mol. The molecule has 0 amide bonds. The molecule has 0 aromatic carbocycles. The largest absolute Gasteiger partial charge is 0.481 e. The van der Waals surface area contributed by atoms with Crippen LogP contribution >= 0.6 is 0 Å². The minimum absolute atomic E-state index is 0.125. The fourth-order valence-electron chi connectivity index (χ4n) is 8.34. The summed E-state index contributed by atoms with van der Waals surface area (Å²) in [7, 11) is 0. The quantitative estimate of drug-likeness (QED) is 0.638. The lowest BCUT2D eigenvalue weighted by molar-refractivity contribution is -0.148. The molecule has 29 heavy (non-hydrogen) atoms. The first-order valence-electron chi connectivity index (χ1n) is 11.5. The van der Waals surface area contributed by atoms with Crippen LogP contribution in [0.3, 0.4) is 0 Å². The highest BCUT2D eigenvalue weighted by atomic mass is 19.1. The van der Waals surface area contributed by atoms with E-state index in [1.54, 1.807) is 6.08 Å². The molecule has 164 valence electrons. The van der Waals surface area contributed by atoms with Crippen molar-refractivity contribution in [3.63, 3.8) is 0 Å². The number of aliphatic hydroxyl groups excluding tert-OH is 2. The average Bonchev–Trinajstić information content (AvgIpc) is 2.99. The molecule has 0 heterocycles. The Morgan fingerprint density at radius 2 is 1.93 bits per heavy atom. The second-order valence-corrected chi connectivity index (χ2v) is 11.1. The van der Waals surface area contributed by atoms with E-state index in [0.717, 1.165) is 25.7 Å². The van der Waals surface area contributed by atoms with Crippen LogP contribution in [0.25, 0.3) is 0 Å². The van der Waals surface area contributed by atoms with Gasteiger partial charge in [0, 0.05) is 6.42 Å². The molecule has 3 N–H and O–H groups in total. The van der Waals surface area contributed by atoms with Gasteiger partial charge in [-0.05, 0) is 97.4 Å². The van der Waals surface area contributed by atoms with E-state index in [9.17, 15) is 19.4 Å². The number of carboxylic acid groups (broad SMARTS) is 1. The van der Waals surface area contributed by atoms with Crippen LogP contribution in [0.15, 0.2) is 11.9 Å². The molecule has 0 saturated heterocycles. The minimum Gasteiger partial charge on any atom is -0.481 e. The first-order chi connectivity index (χ1) is 13.6. The summed E-state index contributed by atoms with van der Waals surface area (Å²) in [5.74, 6) is 0.703. The van der Waals surface area contributed by atoms with Gasteiger partial charge < -0.3 is 15.3 Å². The Kier molecular flexibility index (Phi) is 5.39. The van der Waals surface area contributed by atoms with Gasteiger partial charge >= 0.3 is 5.97 Å². The summed E-state index contributed by atoms with van der Waals surface area (Å²) in [6.45, 7) is 6.71. The second-order valence-electron chi connectivity index (χ2n) is 11.1.